The summed E-state index contributed by atoms with van der Waals surface area (Å²) in [5, 5.41) is 7.78. The third-order valence-electron chi connectivity index (χ3n) is 3.39. The van der Waals surface area contributed by atoms with Gasteiger partial charge in [-0.05, 0) is 26.2 Å². The van der Waals surface area contributed by atoms with E-state index in [-0.39, 0.29) is 0 Å². The second-order valence-corrected chi connectivity index (χ2v) is 4.53. The summed E-state index contributed by atoms with van der Waals surface area (Å²) >= 11 is 0. The molecule has 0 radical (unpaired) electrons. The molecule has 4 heteroatoms. The lowest BCUT2D eigenvalue weighted by atomic mass is 10.2. The standard InChI is InChI=1S/C11H20N4/c1-8-9(7-14-15(8)2)6-13-11-4-3-10(12)5-11/h7,10-11,13H,3-6,12H2,1-2H3. The van der Waals surface area contributed by atoms with Gasteiger partial charge in [0.15, 0.2) is 0 Å². The van der Waals surface area contributed by atoms with Gasteiger partial charge >= 0.3 is 0 Å². The maximum absolute atomic E-state index is 5.87. The quantitative estimate of drug-likeness (QED) is 0.768. The normalized spacial score (nSPS) is 26.1. The summed E-state index contributed by atoms with van der Waals surface area (Å²) in [7, 11) is 1.98. The van der Waals surface area contributed by atoms with Gasteiger partial charge in [-0.1, -0.05) is 0 Å². The second-order valence-electron chi connectivity index (χ2n) is 4.53. The van der Waals surface area contributed by atoms with Crippen molar-refractivity contribution in [3.05, 3.63) is 17.5 Å². The van der Waals surface area contributed by atoms with Crippen molar-refractivity contribution in [1.82, 2.24) is 15.1 Å². The van der Waals surface area contributed by atoms with E-state index in [2.05, 4.69) is 17.3 Å². The predicted octanol–water partition coefficient (Wildman–Crippen LogP) is 0.698. The van der Waals surface area contributed by atoms with Gasteiger partial charge in [-0.2, -0.15) is 5.10 Å². The van der Waals surface area contributed by atoms with E-state index < -0.39 is 0 Å². The predicted molar refractivity (Wildman–Crippen MR) is 60.4 cm³/mol. The lowest BCUT2D eigenvalue weighted by Crippen LogP contribution is -2.28. The molecule has 1 aromatic heterocycles. The number of aromatic nitrogens is 2. The van der Waals surface area contributed by atoms with Crippen molar-refractivity contribution in [2.75, 3.05) is 0 Å². The van der Waals surface area contributed by atoms with Gasteiger partial charge in [0, 0.05) is 36.9 Å². The minimum Gasteiger partial charge on any atom is -0.328 e. The van der Waals surface area contributed by atoms with Crippen LogP contribution in [0.4, 0.5) is 0 Å². The molecular formula is C11H20N4. The lowest BCUT2D eigenvalue weighted by molar-refractivity contribution is 0.515. The first kappa shape index (κ1) is 10.6. The van der Waals surface area contributed by atoms with Crippen LogP contribution in [-0.4, -0.2) is 21.9 Å². The van der Waals surface area contributed by atoms with Crippen LogP contribution in [0, 0.1) is 6.92 Å². The van der Waals surface area contributed by atoms with Gasteiger partial charge < -0.3 is 11.1 Å². The Kier molecular flexibility index (Phi) is 3.07. The zero-order valence-electron chi connectivity index (χ0n) is 9.53. The molecule has 1 aliphatic rings. The average Bonchev–Trinajstić information content (AvgIpc) is 2.74. The highest BCUT2D eigenvalue weighted by Crippen LogP contribution is 2.17. The molecule has 3 N–H and O–H groups in total. The van der Waals surface area contributed by atoms with Crippen molar-refractivity contribution < 1.29 is 0 Å². The van der Waals surface area contributed by atoms with Crippen molar-refractivity contribution in [1.29, 1.82) is 0 Å². The Morgan fingerprint density at radius 2 is 2.40 bits per heavy atom. The van der Waals surface area contributed by atoms with Crippen LogP contribution in [0.5, 0.6) is 0 Å². The fraction of sp³-hybridized carbons (Fsp3) is 0.727. The highest BCUT2D eigenvalue weighted by Gasteiger charge is 2.21. The monoisotopic (exact) mass is 208 g/mol. The van der Waals surface area contributed by atoms with Crippen molar-refractivity contribution in [2.24, 2.45) is 12.8 Å². The number of nitrogens with two attached hydrogens (primary N) is 1. The van der Waals surface area contributed by atoms with Crippen molar-refractivity contribution in [3.63, 3.8) is 0 Å². The first-order valence-corrected chi connectivity index (χ1v) is 5.63. The van der Waals surface area contributed by atoms with Crippen molar-refractivity contribution >= 4 is 0 Å². The van der Waals surface area contributed by atoms with E-state index in [0.717, 1.165) is 19.4 Å². The average molecular weight is 208 g/mol. The molecule has 1 aromatic rings. The Bertz CT molecular complexity index is 331. The lowest BCUT2D eigenvalue weighted by Gasteiger charge is -2.11. The SMILES string of the molecule is Cc1c(CNC2CCC(N)C2)cnn1C. The number of aryl methyl sites for hydroxylation is 1. The molecule has 15 heavy (non-hydrogen) atoms. The molecule has 0 saturated heterocycles. The highest BCUT2D eigenvalue weighted by atomic mass is 15.3. The third-order valence-corrected chi connectivity index (χ3v) is 3.39. The number of nitrogens with zero attached hydrogens (tertiary/aromatic N) is 2. The van der Waals surface area contributed by atoms with Crippen LogP contribution in [-0.2, 0) is 13.6 Å². The van der Waals surface area contributed by atoms with E-state index in [9.17, 15) is 0 Å². The maximum atomic E-state index is 5.87. The molecule has 0 spiro atoms. The Balaban J connectivity index is 1.85. The van der Waals surface area contributed by atoms with Gasteiger partial charge in [0.05, 0.1) is 6.20 Å². The van der Waals surface area contributed by atoms with Crippen LogP contribution in [0.15, 0.2) is 6.20 Å². The third kappa shape index (κ3) is 2.38. The Hall–Kier alpha value is -0.870. The van der Waals surface area contributed by atoms with Crippen LogP contribution in [0.3, 0.4) is 0 Å². The van der Waals surface area contributed by atoms with E-state index in [0.29, 0.717) is 12.1 Å². The van der Waals surface area contributed by atoms with Crippen LogP contribution in [0.2, 0.25) is 0 Å². The van der Waals surface area contributed by atoms with Crippen molar-refractivity contribution in [3.8, 4) is 0 Å². The van der Waals surface area contributed by atoms with E-state index in [1.165, 1.54) is 17.7 Å². The first-order chi connectivity index (χ1) is 7.16. The molecular weight excluding hydrogens is 188 g/mol. The summed E-state index contributed by atoms with van der Waals surface area (Å²) in [6.07, 6.45) is 5.42. The molecule has 2 rings (SSSR count). The van der Waals surface area contributed by atoms with Crippen LogP contribution >= 0.6 is 0 Å². The van der Waals surface area contributed by atoms with E-state index in [4.69, 9.17) is 5.73 Å². The number of rotatable bonds is 3. The molecule has 1 saturated carbocycles. The summed E-state index contributed by atoms with van der Waals surface area (Å²) in [6, 6.07) is 0.997. The molecule has 84 valence electrons. The topological polar surface area (TPSA) is 55.9 Å². The van der Waals surface area contributed by atoms with Gasteiger partial charge in [0.25, 0.3) is 0 Å². The minimum atomic E-state index is 0.400. The second kappa shape index (κ2) is 4.33. The maximum Gasteiger partial charge on any atom is 0.0537 e. The largest absolute Gasteiger partial charge is 0.328 e. The Morgan fingerprint density at radius 3 is 2.93 bits per heavy atom. The van der Waals surface area contributed by atoms with E-state index in [1.54, 1.807) is 0 Å². The molecule has 0 bridgehead atoms. The van der Waals surface area contributed by atoms with Gasteiger partial charge in [0.2, 0.25) is 0 Å². The van der Waals surface area contributed by atoms with Gasteiger partial charge in [-0.3, -0.25) is 4.68 Å². The van der Waals surface area contributed by atoms with Gasteiger partial charge in [-0.25, -0.2) is 0 Å². The molecule has 4 nitrogen and oxygen atoms in total. The van der Waals surface area contributed by atoms with Crippen LogP contribution < -0.4 is 11.1 Å². The Labute approximate surface area is 90.8 Å². The number of hydrogen-bond donors (Lipinski definition) is 2. The smallest absolute Gasteiger partial charge is 0.0537 e. The number of nitrogens with one attached hydrogen (secondary N) is 1. The fourth-order valence-corrected chi connectivity index (χ4v) is 2.17. The van der Waals surface area contributed by atoms with E-state index >= 15 is 0 Å². The molecule has 2 unspecified atom stereocenters. The molecule has 0 aromatic carbocycles. The van der Waals surface area contributed by atoms with E-state index in [1.807, 2.05) is 17.9 Å². The van der Waals surface area contributed by atoms with Crippen LogP contribution in [0.1, 0.15) is 30.5 Å². The summed E-state index contributed by atoms with van der Waals surface area (Å²) in [5.41, 5.74) is 8.40. The molecule has 1 fully saturated rings. The molecule has 2 atom stereocenters. The molecule has 0 amide bonds. The minimum absolute atomic E-state index is 0.400. The fourth-order valence-electron chi connectivity index (χ4n) is 2.17. The molecule has 0 aliphatic heterocycles. The van der Waals surface area contributed by atoms with Crippen molar-refractivity contribution in [2.45, 2.75) is 44.8 Å². The summed E-state index contributed by atoms with van der Waals surface area (Å²) in [6.45, 7) is 3.02. The summed E-state index contributed by atoms with van der Waals surface area (Å²) in [5.74, 6) is 0. The van der Waals surface area contributed by atoms with Crippen LogP contribution in [0.25, 0.3) is 0 Å². The molecule has 1 heterocycles. The summed E-state index contributed by atoms with van der Waals surface area (Å²) < 4.78 is 1.91. The zero-order valence-corrected chi connectivity index (χ0v) is 9.53. The first-order valence-electron chi connectivity index (χ1n) is 5.63. The Morgan fingerprint density at radius 1 is 1.60 bits per heavy atom. The zero-order chi connectivity index (χ0) is 10.8. The molecule has 1 aliphatic carbocycles. The van der Waals surface area contributed by atoms with Gasteiger partial charge in [0.1, 0.15) is 0 Å². The highest BCUT2D eigenvalue weighted by molar-refractivity contribution is 5.15. The number of hydrogen-bond acceptors (Lipinski definition) is 3. The van der Waals surface area contributed by atoms with Gasteiger partial charge in [-0.15, -0.1) is 0 Å². The summed E-state index contributed by atoms with van der Waals surface area (Å²) in [4.78, 5) is 0.